The molecule has 1 aliphatic rings. The Balaban J connectivity index is 0.000000443. The summed E-state index contributed by atoms with van der Waals surface area (Å²) in [6, 6.07) is 0. The van der Waals surface area contributed by atoms with Gasteiger partial charge in [0.1, 0.15) is 0 Å². The van der Waals surface area contributed by atoms with Crippen LogP contribution in [0.4, 0.5) is 0 Å². The Morgan fingerprint density at radius 2 is 1.79 bits per heavy atom. The molecule has 0 aromatic heterocycles. The quantitative estimate of drug-likeness (QED) is 0.526. The van der Waals surface area contributed by atoms with Gasteiger partial charge in [0.25, 0.3) is 0 Å². The van der Waals surface area contributed by atoms with Crippen LogP contribution in [0.25, 0.3) is 0 Å². The largest absolute Gasteiger partial charge is 0.478 e. The van der Waals surface area contributed by atoms with Crippen LogP contribution in [0.3, 0.4) is 0 Å². The van der Waals surface area contributed by atoms with Crippen molar-refractivity contribution in [1.82, 2.24) is 5.32 Å². The summed E-state index contributed by atoms with van der Waals surface area (Å²) in [6.45, 7) is 6.04. The topological polar surface area (TPSA) is 58.6 Å². The minimum absolute atomic E-state index is 0.842. The Hall–Kier alpha value is -0.870. The summed E-state index contributed by atoms with van der Waals surface area (Å²) in [5.41, 5.74) is 0. The molecule has 0 radical (unpaired) electrons. The first-order valence-electron chi connectivity index (χ1n) is 7.45. The van der Waals surface area contributed by atoms with Crippen molar-refractivity contribution in [3.63, 3.8) is 0 Å². The number of morpholine rings is 1. The maximum absolute atomic E-state index is 10.1. The normalized spacial score (nSPS) is 15.0. The van der Waals surface area contributed by atoms with Gasteiger partial charge in [-0.3, -0.25) is 0 Å². The van der Waals surface area contributed by atoms with E-state index in [4.69, 9.17) is 9.84 Å². The second-order valence-corrected chi connectivity index (χ2v) is 4.66. The summed E-state index contributed by atoms with van der Waals surface area (Å²) < 4.78 is 5.01. The smallest absolute Gasteiger partial charge is 0.327 e. The summed E-state index contributed by atoms with van der Waals surface area (Å²) in [5, 5.41) is 11.5. The van der Waals surface area contributed by atoms with E-state index in [1.165, 1.54) is 38.2 Å². The number of nitrogens with one attached hydrogen (secondary N) is 1. The Morgan fingerprint density at radius 1 is 1.16 bits per heavy atom. The fourth-order valence-electron chi connectivity index (χ4n) is 1.74. The van der Waals surface area contributed by atoms with Crippen molar-refractivity contribution in [2.45, 2.75) is 51.9 Å². The highest BCUT2D eigenvalue weighted by Crippen LogP contribution is 2.06. The molecule has 2 N–H and O–H groups in total. The van der Waals surface area contributed by atoms with Gasteiger partial charge in [-0.2, -0.15) is 0 Å². The maximum atomic E-state index is 10.1. The summed E-state index contributed by atoms with van der Waals surface area (Å²) >= 11 is 0. The number of carboxylic acid groups (broad SMARTS) is 1. The van der Waals surface area contributed by atoms with Crippen molar-refractivity contribution in [1.29, 1.82) is 0 Å². The van der Waals surface area contributed by atoms with Gasteiger partial charge in [-0.25, -0.2) is 4.79 Å². The summed E-state index contributed by atoms with van der Waals surface area (Å²) in [4.78, 5) is 10.1. The van der Waals surface area contributed by atoms with Gasteiger partial charge in [0.2, 0.25) is 0 Å². The minimum atomic E-state index is -0.842. The molecule has 0 atom stereocenters. The molecule has 1 heterocycles. The zero-order valence-electron chi connectivity index (χ0n) is 12.2. The fraction of sp³-hybridized carbons (Fsp3) is 0.800. The van der Waals surface area contributed by atoms with Gasteiger partial charge >= 0.3 is 5.97 Å². The number of unbranched alkanes of at least 4 members (excludes halogenated alkanes) is 6. The van der Waals surface area contributed by atoms with Crippen molar-refractivity contribution < 1.29 is 14.6 Å². The van der Waals surface area contributed by atoms with E-state index in [1.54, 1.807) is 6.08 Å². The Kier molecular flexibility index (Phi) is 14.5. The predicted molar refractivity (Wildman–Crippen MR) is 78.5 cm³/mol. The Labute approximate surface area is 117 Å². The van der Waals surface area contributed by atoms with Crippen LogP contribution in [-0.4, -0.2) is 37.4 Å². The van der Waals surface area contributed by atoms with Crippen molar-refractivity contribution in [3.8, 4) is 0 Å². The van der Waals surface area contributed by atoms with Crippen LogP contribution in [0.5, 0.6) is 0 Å². The molecule has 4 heteroatoms. The summed E-state index contributed by atoms with van der Waals surface area (Å²) in [7, 11) is 0. The van der Waals surface area contributed by atoms with Crippen LogP contribution in [0.2, 0.25) is 0 Å². The van der Waals surface area contributed by atoms with Crippen molar-refractivity contribution >= 4 is 5.97 Å². The third kappa shape index (κ3) is 17.1. The second-order valence-electron chi connectivity index (χ2n) is 4.66. The number of ether oxygens (including phenoxy) is 1. The maximum Gasteiger partial charge on any atom is 0.327 e. The van der Waals surface area contributed by atoms with Crippen LogP contribution in [0.15, 0.2) is 12.2 Å². The lowest BCUT2D eigenvalue weighted by molar-refractivity contribution is -0.131. The number of hydrogen-bond acceptors (Lipinski definition) is 3. The number of hydrogen-bond donors (Lipinski definition) is 2. The molecule has 112 valence electrons. The zero-order chi connectivity index (χ0) is 14.2. The summed E-state index contributed by atoms with van der Waals surface area (Å²) in [5.74, 6) is -0.842. The molecule has 0 aromatic rings. The molecule has 0 saturated carbocycles. The van der Waals surface area contributed by atoms with Gasteiger partial charge in [-0.1, -0.05) is 45.1 Å². The molecule has 4 nitrogen and oxygen atoms in total. The van der Waals surface area contributed by atoms with Crippen LogP contribution >= 0.6 is 0 Å². The summed E-state index contributed by atoms with van der Waals surface area (Å²) in [6.07, 6.45) is 11.4. The van der Waals surface area contributed by atoms with E-state index in [-0.39, 0.29) is 0 Å². The molecule has 0 unspecified atom stereocenters. The fourth-order valence-corrected chi connectivity index (χ4v) is 1.74. The van der Waals surface area contributed by atoms with Gasteiger partial charge in [-0.05, 0) is 12.8 Å². The van der Waals surface area contributed by atoms with Gasteiger partial charge in [0.15, 0.2) is 0 Å². The predicted octanol–water partition coefficient (Wildman–Crippen LogP) is 2.98. The molecule has 0 bridgehead atoms. The lowest BCUT2D eigenvalue weighted by atomic mass is 10.1. The van der Waals surface area contributed by atoms with E-state index < -0.39 is 5.97 Å². The number of aliphatic carboxylic acids is 1. The highest BCUT2D eigenvalue weighted by Gasteiger charge is 1.93. The second kappa shape index (κ2) is 15.2. The van der Waals surface area contributed by atoms with Gasteiger partial charge in [0.05, 0.1) is 13.2 Å². The highest BCUT2D eigenvalue weighted by molar-refractivity contribution is 5.79. The number of allylic oxidation sites excluding steroid dienone is 1. The number of rotatable bonds is 8. The number of carbonyl (C=O) groups is 1. The van der Waals surface area contributed by atoms with Gasteiger partial charge < -0.3 is 15.2 Å². The molecule has 1 rings (SSSR count). The van der Waals surface area contributed by atoms with Crippen LogP contribution in [-0.2, 0) is 9.53 Å². The molecule has 19 heavy (non-hydrogen) atoms. The SMILES string of the molecule is C1COCCN1.CCCCCCCC/C=C/C(=O)O. The van der Waals surface area contributed by atoms with Gasteiger partial charge in [0, 0.05) is 19.2 Å². The average Bonchev–Trinajstić information content (AvgIpc) is 2.44. The average molecular weight is 271 g/mol. The standard InChI is InChI=1S/C11H20O2.C4H9NO/c1-2-3-4-5-6-7-8-9-10-11(12)13;1-3-6-4-2-5-1/h9-10H,2-8H2,1H3,(H,12,13);5H,1-4H2/b10-9+;. The van der Waals surface area contributed by atoms with E-state index >= 15 is 0 Å². The van der Waals surface area contributed by atoms with E-state index in [1.807, 2.05) is 0 Å². The third-order valence-electron chi connectivity index (χ3n) is 2.83. The first kappa shape index (κ1) is 18.1. The lowest BCUT2D eigenvalue weighted by Gasteiger charge is -2.10. The van der Waals surface area contributed by atoms with Crippen LogP contribution in [0.1, 0.15) is 51.9 Å². The molecule has 0 aliphatic carbocycles. The molecule has 1 saturated heterocycles. The van der Waals surface area contributed by atoms with Crippen LogP contribution in [0, 0.1) is 0 Å². The molecule has 0 amide bonds. The lowest BCUT2D eigenvalue weighted by Crippen LogP contribution is -2.30. The monoisotopic (exact) mass is 271 g/mol. The van der Waals surface area contributed by atoms with Gasteiger partial charge in [-0.15, -0.1) is 0 Å². The van der Waals surface area contributed by atoms with Crippen molar-refractivity contribution in [3.05, 3.63) is 12.2 Å². The molecule has 1 aliphatic heterocycles. The highest BCUT2D eigenvalue weighted by atomic mass is 16.5. The minimum Gasteiger partial charge on any atom is -0.478 e. The number of carboxylic acids is 1. The van der Waals surface area contributed by atoms with E-state index in [2.05, 4.69) is 12.2 Å². The Morgan fingerprint density at radius 3 is 2.26 bits per heavy atom. The molecule has 0 aromatic carbocycles. The Bertz CT molecular complexity index is 214. The van der Waals surface area contributed by atoms with E-state index in [0.717, 1.165) is 39.1 Å². The molecule has 0 spiro atoms. The first-order valence-corrected chi connectivity index (χ1v) is 7.45. The van der Waals surface area contributed by atoms with Crippen molar-refractivity contribution in [2.24, 2.45) is 0 Å². The molecular formula is C15H29NO3. The third-order valence-corrected chi connectivity index (χ3v) is 2.83. The molecule has 1 fully saturated rings. The van der Waals surface area contributed by atoms with Crippen LogP contribution < -0.4 is 5.32 Å². The first-order chi connectivity index (χ1) is 9.27. The molecular weight excluding hydrogens is 242 g/mol. The van der Waals surface area contributed by atoms with Crippen molar-refractivity contribution in [2.75, 3.05) is 26.3 Å². The zero-order valence-corrected chi connectivity index (χ0v) is 12.2. The van der Waals surface area contributed by atoms with E-state index in [9.17, 15) is 4.79 Å². The van der Waals surface area contributed by atoms with E-state index in [0.29, 0.717) is 0 Å².